The number of hydrogen-bond acceptors (Lipinski definition) is 4. The summed E-state index contributed by atoms with van der Waals surface area (Å²) >= 11 is 3.22. The van der Waals surface area contributed by atoms with E-state index >= 15 is 0 Å². The third-order valence-corrected chi connectivity index (χ3v) is 6.79. The van der Waals surface area contributed by atoms with Crippen LogP contribution in [0.3, 0.4) is 0 Å². The van der Waals surface area contributed by atoms with Crippen molar-refractivity contribution in [3.8, 4) is 0 Å². The summed E-state index contributed by atoms with van der Waals surface area (Å²) < 4.78 is 2.15. The van der Waals surface area contributed by atoms with Crippen LogP contribution in [0, 0.1) is 0 Å². The quantitative estimate of drug-likeness (QED) is 0.519. The first kappa shape index (κ1) is 18.6. The van der Waals surface area contributed by atoms with E-state index in [4.69, 9.17) is 0 Å². The third-order valence-electron chi connectivity index (χ3n) is 6.20. The van der Waals surface area contributed by atoms with Crippen molar-refractivity contribution in [2.75, 3.05) is 13.1 Å². The van der Waals surface area contributed by atoms with Gasteiger partial charge in [-0.25, -0.2) is 0 Å². The van der Waals surface area contributed by atoms with Crippen LogP contribution in [0.5, 0.6) is 0 Å². The summed E-state index contributed by atoms with van der Waals surface area (Å²) in [7, 11) is 0. The number of rotatable bonds is 1. The average Bonchev–Trinajstić information content (AvgIpc) is 3.12. The van der Waals surface area contributed by atoms with Gasteiger partial charge in [-0.15, -0.1) is 0 Å². The molecule has 4 heterocycles. The van der Waals surface area contributed by atoms with Gasteiger partial charge in [0.25, 0.3) is 5.91 Å². The zero-order chi connectivity index (χ0) is 20.2. The number of β-amino-alcohol motifs (C(OH)–C–C–N with tert-alkyl or cyclic N) is 1. The molecule has 2 aromatic heterocycles. The zero-order valence-corrected chi connectivity index (χ0v) is 17.3. The normalized spacial score (nSPS) is 24.1. The van der Waals surface area contributed by atoms with Gasteiger partial charge < -0.3 is 24.7 Å². The lowest BCUT2D eigenvalue weighted by Crippen LogP contribution is -2.65. The number of benzene rings is 1. The highest BCUT2D eigenvalue weighted by Crippen LogP contribution is 2.32. The first-order valence-corrected chi connectivity index (χ1v) is 10.4. The van der Waals surface area contributed by atoms with Crippen LogP contribution in [0.2, 0.25) is 0 Å². The number of fused-ring (bicyclic) bond motifs is 2. The summed E-state index contributed by atoms with van der Waals surface area (Å²) in [4.78, 5) is 29.5. The van der Waals surface area contributed by atoms with Gasteiger partial charge in [0.1, 0.15) is 11.3 Å². The van der Waals surface area contributed by atoms with Crippen molar-refractivity contribution in [3.05, 3.63) is 74.2 Å². The van der Waals surface area contributed by atoms with E-state index in [1.807, 2.05) is 12.1 Å². The van der Waals surface area contributed by atoms with Crippen LogP contribution in [0.4, 0.5) is 0 Å². The highest BCUT2D eigenvalue weighted by molar-refractivity contribution is 9.10. The van der Waals surface area contributed by atoms with E-state index in [1.54, 1.807) is 21.7 Å². The van der Waals surface area contributed by atoms with E-state index in [0.717, 1.165) is 13.0 Å². The lowest BCUT2D eigenvalue weighted by atomic mass is 9.76. The van der Waals surface area contributed by atoms with Crippen LogP contribution in [0.25, 0.3) is 5.65 Å². The fourth-order valence-corrected chi connectivity index (χ4v) is 4.80. The van der Waals surface area contributed by atoms with Crippen molar-refractivity contribution in [2.24, 2.45) is 0 Å². The number of aromatic nitrogens is 2. The third kappa shape index (κ3) is 3.11. The maximum Gasteiger partial charge on any atom is 0.271 e. The lowest BCUT2D eigenvalue weighted by molar-refractivity contribution is -0.0140. The number of carbonyl (C=O) groups excluding carboxylic acids is 1. The van der Waals surface area contributed by atoms with Gasteiger partial charge in [-0.1, -0.05) is 24.3 Å². The largest absolute Gasteiger partial charge is 0.389 e. The van der Waals surface area contributed by atoms with Gasteiger partial charge >= 0.3 is 0 Å². The molecule has 1 amide bonds. The number of amides is 1. The molecule has 7 nitrogen and oxygen atoms in total. The van der Waals surface area contributed by atoms with E-state index in [0.29, 0.717) is 28.8 Å². The molecular formula is C21H21BrN4O3. The second kappa shape index (κ2) is 6.83. The number of likely N-dealkylation sites (tertiary alicyclic amines) is 1. The molecule has 0 aliphatic carbocycles. The van der Waals surface area contributed by atoms with Crippen molar-refractivity contribution in [1.82, 2.24) is 19.6 Å². The Balaban J connectivity index is 1.36. The van der Waals surface area contributed by atoms with E-state index < -0.39 is 11.6 Å². The Morgan fingerprint density at radius 1 is 1.24 bits per heavy atom. The van der Waals surface area contributed by atoms with Crippen molar-refractivity contribution < 1.29 is 9.90 Å². The first-order valence-electron chi connectivity index (χ1n) is 9.65. The molecule has 1 saturated heterocycles. The van der Waals surface area contributed by atoms with Crippen molar-refractivity contribution in [2.45, 2.75) is 31.0 Å². The average molecular weight is 457 g/mol. The van der Waals surface area contributed by atoms with E-state index in [9.17, 15) is 14.7 Å². The van der Waals surface area contributed by atoms with Crippen LogP contribution >= 0.6 is 15.9 Å². The van der Waals surface area contributed by atoms with Gasteiger partial charge in [0, 0.05) is 38.1 Å². The molecule has 150 valence electrons. The summed E-state index contributed by atoms with van der Waals surface area (Å²) in [6.07, 6.45) is 4.09. The lowest BCUT2D eigenvalue weighted by Gasteiger charge is -2.48. The number of carbonyl (C=O) groups is 1. The molecule has 2 aliphatic rings. The number of nitrogens with one attached hydrogen (secondary N) is 2. The Morgan fingerprint density at radius 3 is 2.83 bits per heavy atom. The van der Waals surface area contributed by atoms with Crippen LogP contribution in [-0.2, 0) is 13.0 Å². The highest BCUT2D eigenvalue weighted by atomic mass is 79.9. The number of nitrogens with zero attached hydrogens (tertiary/aromatic N) is 2. The summed E-state index contributed by atoms with van der Waals surface area (Å²) in [5.74, 6) is -0.178. The maximum atomic E-state index is 13.0. The highest BCUT2D eigenvalue weighted by Gasteiger charge is 2.45. The van der Waals surface area contributed by atoms with Crippen molar-refractivity contribution >= 4 is 27.5 Å². The molecule has 0 saturated carbocycles. The van der Waals surface area contributed by atoms with Gasteiger partial charge in [-0.05, 0) is 39.9 Å². The molecule has 8 heteroatoms. The standard InChI is InChI=1S/C21H21BrN4O3/c22-15-10-26-11-16(24-19(26)7-17(15)27)20(29)25-6-5-21(18(28)12-25)8-13-3-1-2-4-14(13)9-23-21/h1-4,7,10-11,18,23-24,28H,5-6,8-9,12H2/t18-,21+/m1/s1. The second-order valence-corrected chi connectivity index (χ2v) is 8.77. The maximum absolute atomic E-state index is 13.0. The summed E-state index contributed by atoms with van der Waals surface area (Å²) in [5, 5.41) is 14.5. The molecule has 1 fully saturated rings. The van der Waals surface area contributed by atoms with Gasteiger partial charge in [0.2, 0.25) is 0 Å². The topological polar surface area (TPSA) is 89.8 Å². The minimum atomic E-state index is -0.659. The minimum absolute atomic E-state index is 0.148. The Hall–Kier alpha value is -2.42. The Bertz CT molecular complexity index is 1170. The number of aliphatic hydroxyl groups excluding tert-OH is 1. The number of hydrogen-bond donors (Lipinski definition) is 3. The van der Waals surface area contributed by atoms with E-state index in [1.165, 1.54) is 17.2 Å². The molecule has 0 radical (unpaired) electrons. The van der Waals surface area contributed by atoms with Gasteiger partial charge in [0.05, 0.1) is 16.1 Å². The number of piperidine rings is 1. The molecule has 3 N–H and O–H groups in total. The fourth-order valence-electron chi connectivity index (χ4n) is 4.47. The van der Waals surface area contributed by atoms with Crippen LogP contribution in [-0.4, -0.2) is 50.0 Å². The van der Waals surface area contributed by atoms with E-state index in [2.05, 4.69) is 38.4 Å². The zero-order valence-electron chi connectivity index (χ0n) is 15.7. The number of aliphatic hydroxyl groups is 1. The number of halogens is 1. The smallest absolute Gasteiger partial charge is 0.271 e. The monoisotopic (exact) mass is 456 g/mol. The van der Waals surface area contributed by atoms with Crippen LogP contribution in [0.1, 0.15) is 28.0 Å². The molecule has 1 aromatic carbocycles. The molecule has 2 aliphatic heterocycles. The molecule has 5 rings (SSSR count). The number of aromatic amines is 1. The van der Waals surface area contributed by atoms with Crippen molar-refractivity contribution in [3.63, 3.8) is 0 Å². The van der Waals surface area contributed by atoms with Crippen LogP contribution in [0.15, 0.2) is 52.0 Å². The molecule has 0 bridgehead atoms. The predicted molar refractivity (Wildman–Crippen MR) is 112 cm³/mol. The van der Waals surface area contributed by atoms with Gasteiger partial charge in [-0.3, -0.25) is 9.59 Å². The second-order valence-electron chi connectivity index (χ2n) is 7.92. The molecule has 0 unspecified atom stereocenters. The Labute approximate surface area is 175 Å². The fraction of sp³-hybridized carbons (Fsp3) is 0.333. The minimum Gasteiger partial charge on any atom is -0.389 e. The number of H-pyrrole nitrogens is 1. The summed E-state index contributed by atoms with van der Waals surface area (Å²) in [6, 6.07) is 9.74. The molecular weight excluding hydrogens is 436 g/mol. The first-order chi connectivity index (χ1) is 13.9. The molecule has 3 aromatic rings. The summed E-state index contributed by atoms with van der Waals surface area (Å²) in [5.41, 5.74) is 2.93. The summed E-state index contributed by atoms with van der Waals surface area (Å²) in [6.45, 7) is 1.55. The Kier molecular flexibility index (Phi) is 4.38. The SMILES string of the molecule is O=C(c1cn2cc(Br)c(=O)cc2[nH]1)N1CC[C@]2(Cc3ccccc3CN2)[C@H](O)C1. The number of pyridine rings is 1. The van der Waals surface area contributed by atoms with E-state index in [-0.39, 0.29) is 17.9 Å². The predicted octanol–water partition coefficient (Wildman–Crippen LogP) is 1.68. The molecule has 1 spiro atoms. The van der Waals surface area contributed by atoms with Gasteiger partial charge in [0.15, 0.2) is 5.43 Å². The van der Waals surface area contributed by atoms with Gasteiger partial charge in [-0.2, -0.15) is 0 Å². The van der Waals surface area contributed by atoms with Crippen LogP contribution < -0.4 is 10.7 Å². The molecule has 29 heavy (non-hydrogen) atoms. The molecule has 2 atom stereocenters. The van der Waals surface area contributed by atoms with Crippen molar-refractivity contribution in [1.29, 1.82) is 0 Å². The number of imidazole rings is 1. The Morgan fingerprint density at radius 2 is 2.03 bits per heavy atom.